The van der Waals surface area contributed by atoms with Crippen LogP contribution >= 0.6 is 11.5 Å². The van der Waals surface area contributed by atoms with Gasteiger partial charge in [-0.2, -0.15) is 4.37 Å². The Morgan fingerprint density at radius 2 is 2.06 bits per heavy atom. The van der Waals surface area contributed by atoms with E-state index in [0.29, 0.717) is 25.3 Å². The molecule has 0 aliphatic rings. The lowest BCUT2D eigenvalue weighted by molar-refractivity contribution is 0.0845. The molecule has 1 aromatic carbocycles. The zero-order valence-corrected chi connectivity index (χ0v) is 10.2. The third kappa shape index (κ3) is 3.76. The number of rotatable bonds is 6. The first-order chi connectivity index (χ1) is 8.36. The van der Waals surface area contributed by atoms with Gasteiger partial charge in [0.2, 0.25) is 0 Å². The van der Waals surface area contributed by atoms with Gasteiger partial charge < -0.3 is 4.74 Å². The molecule has 0 atom stereocenters. The molecule has 2 aromatic rings. The molecule has 0 aliphatic heterocycles. The van der Waals surface area contributed by atoms with Gasteiger partial charge in [0.25, 0.3) is 0 Å². The highest BCUT2D eigenvalue weighted by molar-refractivity contribution is 7.03. The van der Waals surface area contributed by atoms with Crippen molar-refractivity contribution in [2.45, 2.75) is 13.0 Å². The van der Waals surface area contributed by atoms with Crippen molar-refractivity contribution in [3.8, 4) is 0 Å². The number of ketones is 1. The van der Waals surface area contributed by atoms with Crippen molar-refractivity contribution in [2.75, 3.05) is 6.61 Å². The minimum atomic E-state index is 0.0410. The standard InChI is InChI=1S/C13H13NO2S/c15-13(12-7-9-17-14-12)6-8-16-10-11-4-2-1-3-5-11/h1-5,7,9H,6,8,10H2. The van der Waals surface area contributed by atoms with E-state index in [9.17, 15) is 4.79 Å². The summed E-state index contributed by atoms with van der Waals surface area (Å²) in [5.74, 6) is 0.0410. The molecule has 88 valence electrons. The molecule has 0 N–H and O–H groups in total. The number of carbonyl (C=O) groups is 1. The van der Waals surface area contributed by atoms with Gasteiger partial charge >= 0.3 is 0 Å². The van der Waals surface area contributed by atoms with E-state index in [0.717, 1.165) is 5.56 Å². The lowest BCUT2D eigenvalue weighted by Crippen LogP contribution is -2.05. The van der Waals surface area contributed by atoms with Crippen molar-refractivity contribution in [1.82, 2.24) is 4.37 Å². The van der Waals surface area contributed by atoms with Crippen LogP contribution in [-0.2, 0) is 11.3 Å². The molecule has 0 amide bonds. The highest BCUT2D eigenvalue weighted by Gasteiger charge is 2.07. The number of hydrogen-bond acceptors (Lipinski definition) is 4. The Kier molecular flexibility index (Phi) is 4.41. The number of carbonyl (C=O) groups excluding carboxylic acids is 1. The lowest BCUT2D eigenvalue weighted by Gasteiger charge is -2.02. The Balaban J connectivity index is 1.69. The summed E-state index contributed by atoms with van der Waals surface area (Å²) in [7, 11) is 0. The fourth-order valence-corrected chi connectivity index (χ4v) is 1.94. The molecule has 0 fully saturated rings. The summed E-state index contributed by atoms with van der Waals surface area (Å²) in [5.41, 5.74) is 1.66. The average molecular weight is 247 g/mol. The first-order valence-electron chi connectivity index (χ1n) is 5.41. The minimum Gasteiger partial charge on any atom is -0.376 e. The number of benzene rings is 1. The molecule has 17 heavy (non-hydrogen) atoms. The third-order valence-corrected chi connectivity index (χ3v) is 2.87. The first-order valence-corrected chi connectivity index (χ1v) is 6.25. The van der Waals surface area contributed by atoms with Crippen LogP contribution in [0, 0.1) is 0 Å². The highest BCUT2D eigenvalue weighted by Crippen LogP contribution is 2.05. The first kappa shape index (κ1) is 12.0. The molecule has 0 spiro atoms. The quantitative estimate of drug-likeness (QED) is 0.582. The van der Waals surface area contributed by atoms with Crippen LogP contribution in [0.15, 0.2) is 41.8 Å². The summed E-state index contributed by atoms with van der Waals surface area (Å²) < 4.78 is 9.43. The van der Waals surface area contributed by atoms with Crippen molar-refractivity contribution in [3.63, 3.8) is 0 Å². The van der Waals surface area contributed by atoms with Crippen molar-refractivity contribution in [3.05, 3.63) is 53.0 Å². The Bertz CT molecular complexity index is 454. The van der Waals surface area contributed by atoms with Crippen LogP contribution in [0.5, 0.6) is 0 Å². The topological polar surface area (TPSA) is 39.2 Å². The fraction of sp³-hybridized carbons (Fsp3) is 0.231. The van der Waals surface area contributed by atoms with Gasteiger partial charge in [-0.05, 0) is 23.2 Å². The van der Waals surface area contributed by atoms with Gasteiger partial charge in [0.05, 0.1) is 13.2 Å². The van der Waals surface area contributed by atoms with Gasteiger partial charge in [-0.1, -0.05) is 30.3 Å². The van der Waals surface area contributed by atoms with Crippen LogP contribution in [-0.4, -0.2) is 16.8 Å². The molecular weight excluding hydrogens is 234 g/mol. The van der Waals surface area contributed by atoms with Crippen LogP contribution < -0.4 is 0 Å². The maximum absolute atomic E-state index is 11.6. The second kappa shape index (κ2) is 6.27. The normalized spacial score (nSPS) is 10.4. The molecule has 0 aliphatic carbocycles. The molecule has 0 bridgehead atoms. The zero-order chi connectivity index (χ0) is 11.9. The predicted octanol–water partition coefficient (Wildman–Crippen LogP) is 2.93. The molecule has 0 unspecified atom stereocenters. The maximum atomic E-state index is 11.6. The fourth-order valence-electron chi connectivity index (χ4n) is 1.41. The van der Waals surface area contributed by atoms with Gasteiger partial charge in [-0.15, -0.1) is 0 Å². The van der Waals surface area contributed by atoms with Crippen molar-refractivity contribution in [1.29, 1.82) is 0 Å². The molecule has 1 heterocycles. The largest absolute Gasteiger partial charge is 0.376 e. The molecule has 0 saturated heterocycles. The van der Waals surface area contributed by atoms with Crippen LogP contribution in [0.3, 0.4) is 0 Å². The maximum Gasteiger partial charge on any atom is 0.184 e. The summed E-state index contributed by atoms with van der Waals surface area (Å²) in [4.78, 5) is 11.6. The van der Waals surface area contributed by atoms with Gasteiger partial charge in [-0.25, -0.2) is 0 Å². The van der Waals surface area contributed by atoms with Crippen molar-refractivity contribution in [2.24, 2.45) is 0 Å². The number of ether oxygens (including phenoxy) is 1. The van der Waals surface area contributed by atoms with Gasteiger partial charge in [0.1, 0.15) is 5.69 Å². The smallest absolute Gasteiger partial charge is 0.184 e. The van der Waals surface area contributed by atoms with E-state index in [2.05, 4.69) is 4.37 Å². The molecule has 0 saturated carbocycles. The van der Waals surface area contributed by atoms with E-state index < -0.39 is 0 Å². The van der Waals surface area contributed by atoms with Gasteiger partial charge in [-0.3, -0.25) is 4.79 Å². The number of aromatic nitrogens is 1. The van der Waals surface area contributed by atoms with E-state index in [-0.39, 0.29) is 5.78 Å². The Hall–Kier alpha value is -1.52. The number of nitrogens with zero attached hydrogens (tertiary/aromatic N) is 1. The molecule has 4 heteroatoms. The average Bonchev–Trinajstić information content (AvgIpc) is 2.89. The monoisotopic (exact) mass is 247 g/mol. The molecule has 3 nitrogen and oxygen atoms in total. The van der Waals surface area contributed by atoms with Crippen LogP contribution in [0.2, 0.25) is 0 Å². The lowest BCUT2D eigenvalue weighted by atomic mass is 10.2. The molecular formula is C13H13NO2S. The summed E-state index contributed by atoms with van der Waals surface area (Å²) >= 11 is 1.29. The summed E-state index contributed by atoms with van der Waals surface area (Å²) in [6, 6.07) is 11.7. The zero-order valence-electron chi connectivity index (χ0n) is 9.33. The Morgan fingerprint density at radius 1 is 1.24 bits per heavy atom. The SMILES string of the molecule is O=C(CCOCc1ccccc1)c1ccsn1. The van der Waals surface area contributed by atoms with E-state index >= 15 is 0 Å². The summed E-state index contributed by atoms with van der Waals surface area (Å²) in [5, 5.41) is 1.80. The van der Waals surface area contributed by atoms with Gasteiger partial charge in [0.15, 0.2) is 5.78 Å². The second-order valence-corrected chi connectivity index (χ2v) is 4.26. The predicted molar refractivity (Wildman–Crippen MR) is 67.2 cm³/mol. The van der Waals surface area contributed by atoms with Crippen LogP contribution in [0.4, 0.5) is 0 Å². The third-order valence-electron chi connectivity index (χ3n) is 2.31. The number of hydrogen-bond donors (Lipinski definition) is 0. The van der Waals surface area contributed by atoms with E-state index in [1.165, 1.54) is 11.5 Å². The summed E-state index contributed by atoms with van der Waals surface area (Å²) in [6.45, 7) is 0.983. The number of Topliss-reactive ketones (excluding diaryl/α,β-unsaturated/α-hetero) is 1. The Labute approximate surface area is 104 Å². The van der Waals surface area contributed by atoms with Crippen molar-refractivity contribution < 1.29 is 9.53 Å². The van der Waals surface area contributed by atoms with E-state index in [1.54, 1.807) is 11.4 Å². The van der Waals surface area contributed by atoms with Crippen LogP contribution in [0.1, 0.15) is 22.5 Å². The van der Waals surface area contributed by atoms with E-state index in [4.69, 9.17) is 4.74 Å². The van der Waals surface area contributed by atoms with E-state index in [1.807, 2.05) is 30.3 Å². The van der Waals surface area contributed by atoms with Crippen molar-refractivity contribution >= 4 is 17.3 Å². The summed E-state index contributed by atoms with van der Waals surface area (Å²) in [6.07, 6.45) is 0.385. The molecule has 2 rings (SSSR count). The highest BCUT2D eigenvalue weighted by atomic mass is 32.1. The van der Waals surface area contributed by atoms with Gasteiger partial charge in [0, 0.05) is 11.8 Å². The Morgan fingerprint density at radius 3 is 2.76 bits per heavy atom. The van der Waals surface area contributed by atoms with Crippen LogP contribution in [0.25, 0.3) is 0 Å². The minimum absolute atomic E-state index is 0.0410. The molecule has 1 aromatic heterocycles. The second-order valence-electron chi connectivity index (χ2n) is 3.60. The molecule has 0 radical (unpaired) electrons.